The van der Waals surface area contributed by atoms with Gasteiger partial charge in [-0.15, -0.1) is 12.4 Å². The van der Waals surface area contributed by atoms with Crippen molar-refractivity contribution in [2.75, 3.05) is 16.8 Å². The van der Waals surface area contributed by atoms with Crippen molar-refractivity contribution in [1.82, 2.24) is 0 Å². The van der Waals surface area contributed by atoms with Crippen molar-refractivity contribution in [2.45, 2.75) is 37.6 Å². The number of hydrogen-bond acceptors (Lipinski definition) is 3. The fourth-order valence-corrected chi connectivity index (χ4v) is 3.39. The summed E-state index contributed by atoms with van der Waals surface area (Å²) < 4.78 is 0. The van der Waals surface area contributed by atoms with Gasteiger partial charge in [-0.05, 0) is 55.0 Å². The molecule has 0 atom stereocenters. The van der Waals surface area contributed by atoms with E-state index < -0.39 is 5.54 Å². The molecule has 6 heteroatoms. The number of amides is 2. The van der Waals surface area contributed by atoms with E-state index in [-0.39, 0.29) is 24.2 Å². The second-order valence-electron chi connectivity index (χ2n) is 7.26. The topological polar surface area (TPSA) is 75.4 Å². The van der Waals surface area contributed by atoms with Crippen LogP contribution in [0.15, 0.2) is 48.5 Å². The highest BCUT2D eigenvalue weighted by Gasteiger charge is 2.45. The van der Waals surface area contributed by atoms with Gasteiger partial charge in [-0.3, -0.25) is 9.59 Å². The normalized spacial score (nSPS) is 16.7. The highest BCUT2D eigenvalue weighted by atomic mass is 35.5. The van der Waals surface area contributed by atoms with Crippen molar-refractivity contribution in [3.05, 3.63) is 59.7 Å². The van der Waals surface area contributed by atoms with Crippen LogP contribution in [0.1, 0.15) is 30.4 Å². The second-order valence-corrected chi connectivity index (χ2v) is 7.26. The zero-order chi connectivity index (χ0) is 18.1. The fourth-order valence-electron chi connectivity index (χ4n) is 3.39. The zero-order valence-corrected chi connectivity index (χ0v) is 15.9. The minimum atomic E-state index is -0.684. The summed E-state index contributed by atoms with van der Waals surface area (Å²) in [7, 11) is 0. The minimum Gasteiger partial charge on any atom is -0.324 e. The number of carbonyl (C=O) groups is 2. The van der Waals surface area contributed by atoms with E-state index in [0.717, 1.165) is 43.5 Å². The van der Waals surface area contributed by atoms with Crippen molar-refractivity contribution < 1.29 is 9.59 Å². The Hall–Kier alpha value is -2.37. The summed E-state index contributed by atoms with van der Waals surface area (Å²) >= 11 is 0. The van der Waals surface area contributed by atoms with Gasteiger partial charge >= 0.3 is 0 Å². The molecule has 1 heterocycles. The van der Waals surface area contributed by atoms with Crippen LogP contribution in [0.2, 0.25) is 0 Å². The number of para-hydroxylation sites is 1. The third kappa shape index (κ3) is 4.15. The maximum absolute atomic E-state index is 12.8. The molecule has 1 fully saturated rings. The number of hydrogen-bond donors (Lipinski definition) is 2. The van der Waals surface area contributed by atoms with Gasteiger partial charge in [0.1, 0.15) is 0 Å². The Labute approximate surface area is 165 Å². The van der Waals surface area contributed by atoms with E-state index >= 15 is 0 Å². The van der Waals surface area contributed by atoms with Gasteiger partial charge in [-0.2, -0.15) is 0 Å². The molecule has 1 aliphatic carbocycles. The molecule has 27 heavy (non-hydrogen) atoms. The molecule has 2 aromatic carbocycles. The van der Waals surface area contributed by atoms with E-state index in [0.29, 0.717) is 12.1 Å². The number of halogens is 1. The molecule has 1 aliphatic heterocycles. The first-order chi connectivity index (χ1) is 12.5. The van der Waals surface area contributed by atoms with Crippen LogP contribution in [-0.4, -0.2) is 23.9 Å². The van der Waals surface area contributed by atoms with Gasteiger partial charge in [0, 0.05) is 17.9 Å². The van der Waals surface area contributed by atoms with Crippen LogP contribution in [0.25, 0.3) is 0 Å². The molecule has 0 radical (unpaired) electrons. The molecular weight excluding hydrogens is 362 g/mol. The molecule has 142 valence electrons. The fraction of sp³-hybridized carbons (Fsp3) is 0.333. The summed E-state index contributed by atoms with van der Waals surface area (Å²) in [6.45, 7) is 0.766. The van der Waals surface area contributed by atoms with Gasteiger partial charge in [0.05, 0.1) is 12.0 Å². The molecule has 0 unspecified atom stereocenters. The number of rotatable bonds is 4. The average molecular weight is 386 g/mol. The highest BCUT2D eigenvalue weighted by molar-refractivity contribution is 6.00. The van der Waals surface area contributed by atoms with Crippen molar-refractivity contribution in [3.63, 3.8) is 0 Å². The van der Waals surface area contributed by atoms with Crippen molar-refractivity contribution in [2.24, 2.45) is 5.73 Å². The van der Waals surface area contributed by atoms with Crippen LogP contribution in [0.5, 0.6) is 0 Å². The summed E-state index contributed by atoms with van der Waals surface area (Å²) in [6, 6.07) is 15.5. The number of nitrogens with two attached hydrogens (primary N) is 1. The molecule has 2 aromatic rings. The van der Waals surface area contributed by atoms with E-state index in [4.69, 9.17) is 5.73 Å². The quantitative estimate of drug-likeness (QED) is 0.849. The first-order valence-electron chi connectivity index (χ1n) is 9.13. The molecule has 1 saturated carbocycles. The Balaban J connectivity index is 0.00000210. The third-order valence-corrected chi connectivity index (χ3v) is 5.22. The van der Waals surface area contributed by atoms with Crippen LogP contribution < -0.4 is 16.0 Å². The minimum absolute atomic E-state index is 0. The van der Waals surface area contributed by atoms with Crippen LogP contribution in [0.4, 0.5) is 11.4 Å². The van der Waals surface area contributed by atoms with Crippen LogP contribution in [0, 0.1) is 0 Å². The SMILES string of the molecule is Cl.NC1(C(=O)Nc2ccc(CC(=O)N3CCCc4ccccc43)cc2)CC1. The largest absolute Gasteiger partial charge is 0.324 e. The van der Waals surface area contributed by atoms with Gasteiger partial charge in [-0.1, -0.05) is 30.3 Å². The molecule has 0 bridgehead atoms. The van der Waals surface area contributed by atoms with E-state index in [9.17, 15) is 9.59 Å². The molecule has 0 spiro atoms. The number of fused-ring (bicyclic) bond motifs is 1. The zero-order valence-electron chi connectivity index (χ0n) is 15.1. The lowest BCUT2D eigenvalue weighted by Crippen LogP contribution is -2.37. The third-order valence-electron chi connectivity index (χ3n) is 5.22. The summed E-state index contributed by atoms with van der Waals surface area (Å²) in [5, 5.41) is 2.84. The monoisotopic (exact) mass is 385 g/mol. The maximum Gasteiger partial charge on any atom is 0.244 e. The Bertz CT molecular complexity index is 847. The Morgan fingerprint density at radius 1 is 1.07 bits per heavy atom. The molecule has 0 aromatic heterocycles. The molecule has 5 nitrogen and oxygen atoms in total. The van der Waals surface area contributed by atoms with Gasteiger partial charge in [0.2, 0.25) is 11.8 Å². The molecule has 0 saturated heterocycles. The summed E-state index contributed by atoms with van der Waals surface area (Å²) in [5.41, 5.74) is 9.13. The van der Waals surface area contributed by atoms with E-state index in [1.807, 2.05) is 47.4 Å². The maximum atomic E-state index is 12.8. The number of nitrogens with zero attached hydrogens (tertiary/aromatic N) is 1. The number of carbonyl (C=O) groups excluding carboxylic acids is 2. The van der Waals surface area contributed by atoms with Crippen LogP contribution in [0.3, 0.4) is 0 Å². The van der Waals surface area contributed by atoms with Crippen LogP contribution >= 0.6 is 12.4 Å². The lowest BCUT2D eigenvalue weighted by Gasteiger charge is -2.29. The second kappa shape index (κ2) is 7.71. The predicted octanol–water partition coefficient (Wildman–Crippen LogP) is 3.06. The standard InChI is InChI=1S/C21H23N3O2.ClH/c22-21(11-12-21)20(26)23-17-9-7-15(8-10-17)14-19(25)24-13-3-5-16-4-1-2-6-18(16)24;/h1-2,4,6-10H,3,5,11-14,22H2,(H,23,26);1H. The summed E-state index contributed by atoms with van der Waals surface area (Å²) in [4.78, 5) is 26.6. The van der Waals surface area contributed by atoms with E-state index in [2.05, 4.69) is 11.4 Å². The number of benzene rings is 2. The van der Waals surface area contributed by atoms with Gasteiger partial charge in [0.15, 0.2) is 0 Å². The molecule has 3 N–H and O–H groups in total. The Morgan fingerprint density at radius 2 is 1.78 bits per heavy atom. The first kappa shape index (κ1) is 19.4. The molecule has 2 aliphatic rings. The first-order valence-corrected chi connectivity index (χ1v) is 9.13. The van der Waals surface area contributed by atoms with Crippen molar-refractivity contribution in [1.29, 1.82) is 0 Å². The lowest BCUT2D eigenvalue weighted by molar-refractivity contribution is -0.119. The van der Waals surface area contributed by atoms with E-state index in [1.54, 1.807) is 0 Å². The number of nitrogens with one attached hydrogen (secondary N) is 1. The molecular formula is C21H24ClN3O2. The molecule has 2 amide bonds. The number of anilines is 2. The Morgan fingerprint density at radius 3 is 2.48 bits per heavy atom. The highest BCUT2D eigenvalue weighted by Crippen LogP contribution is 2.33. The number of aryl methyl sites for hydroxylation is 1. The van der Waals surface area contributed by atoms with Gasteiger partial charge < -0.3 is 16.0 Å². The predicted molar refractivity (Wildman–Crippen MR) is 109 cm³/mol. The smallest absolute Gasteiger partial charge is 0.244 e. The Kier molecular flexibility index (Phi) is 5.53. The summed E-state index contributed by atoms with van der Waals surface area (Å²) in [5.74, 6) is -0.0286. The average Bonchev–Trinajstić information content (AvgIpc) is 3.41. The van der Waals surface area contributed by atoms with E-state index in [1.165, 1.54) is 5.56 Å². The van der Waals surface area contributed by atoms with Crippen molar-refractivity contribution in [3.8, 4) is 0 Å². The lowest BCUT2D eigenvalue weighted by atomic mass is 10.0. The molecule has 4 rings (SSSR count). The van der Waals surface area contributed by atoms with Gasteiger partial charge in [0.25, 0.3) is 0 Å². The summed E-state index contributed by atoms with van der Waals surface area (Å²) in [6.07, 6.45) is 3.85. The van der Waals surface area contributed by atoms with Crippen molar-refractivity contribution >= 4 is 35.6 Å². The van der Waals surface area contributed by atoms with Crippen LogP contribution in [-0.2, 0) is 22.4 Å². The van der Waals surface area contributed by atoms with Gasteiger partial charge in [-0.25, -0.2) is 0 Å².